The third kappa shape index (κ3) is 13.4. The summed E-state index contributed by atoms with van der Waals surface area (Å²) in [6.07, 6.45) is 0.947. The van der Waals surface area contributed by atoms with Gasteiger partial charge >= 0.3 is 6.09 Å². The summed E-state index contributed by atoms with van der Waals surface area (Å²) in [6.45, 7) is 7.76. The van der Waals surface area contributed by atoms with Gasteiger partial charge in [0.2, 0.25) is 0 Å². The van der Waals surface area contributed by atoms with Crippen LogP contribution in [0.15, 0.2) is 0 Å². The van der Waals surface area contributed by atoms with Crippen molar-refractivity contribution >= 4 is 6.09 Å². The number of methoxy groups -OCH3 is 1. The van der Waals surface area contributed by atoms with Crippen LogP contribution in [0, 0.1) is 0 Å². The number of nitrogens with one attached hydrogen (secondary N) is 2. The number of carbonyl (C=O) groups is 1. The number of ether oxygens (including phenoxy) is 2. The monoisotopic (exact) mass is 276 g/mol. The van der Waals surface area contributed by atoms with Gasteiger partial charge in [-0.3, -0.25) is 0 Å². The topological polar surface area (TPSA) is 79.8 Å². The SMILES string of the molecule is COC[C@H](O)CNCCCCNC(=O)OC(C)(C)C. The molecule has 0 rings (SSSR count). The molecule has 1 amide bonds. The van der Waals surface area contributed by atoms with Crippen LogP contribution in [0.5, 0.6) is 0 Å². The van der Waals surface area contributed by atoms with Gasteiger partial charge in [-0.25, -0.2) is 4.79 Å². The van der Waals surface area contributed by atoms with E-state index >= 15 is 0 Å². The summed E-state index contributed by atoms with van der Waals surface area (Å²) >= 11 is 0. The molecule has 6 heteroatoms. The van der Waals surface area contributed by atoms with Gasteiger partial charge < -0.3 is 25.2 Å². The fourth-order valence-electron chi connectivity index (χ4n) is 1.40. The van der Waals surface area contributed by atoms with E-state index in [1.54, 1.807) is 7.11 Å². The van der Waals surface area contributed by atoms with E-state index in [1.165, 1.54) is 0 Å². The van der Waals surface area contributed by atoms with Gasteiger partial charge in [-0.05, 0) is 40.2 Å². The van der Waals surface area contributed by atoms with Crippen molar-refractivity contribution in [2.75, 3.05) is 33.4 Å². The molecular formula is C13H28N2O4. The quantitative estimate of drug-likeness (QED) is 0.545. The minimum Gasteiger partial charge on any atom is -0.444 e. The summed E-state index contributed by atoms with van der Waals surface area (Å²) < 4.78 is 9.93. The first-order valence-corrected chi connectivity index (χ1v) is 6.69. The molecule has 0 spiro atoms. The number of amides is 1. The lowest BCUT2D eigenvalue weighted by Crippen LogP contribution is -2.33. The molecule has 0 aromatic carbocycles. The second-order valence-corrected chi connectivity index (χ2v) is 5.45. The average molecular weight is 276 g/mol. The van der Waals surface area contributed by atoms with Crippen molar-refractivity contribution in [3.8, 4) is 0 Å². The Morgan fingerprint density at radius 1 is 1.26 bits per heavy atom. The summed E-state index contributed by atoms with van der Waals surface area (Å²) in [5, 5.41) is 15.2. The third-order valence-electron chi connectivity index (χ3n) is 2.19. The van der Waals surface area contributed by atoms with Gasteiger partial charge in [0.15, 0.2) is 0 Å². The van der Waals surface area contributed by atoms with Crippen LogP contribution in [0.1, 0.15) is 33.6 Å². The number of hydrogen-bond donors (Lipinski definition) is 3. The van der Waals surface area contributed by atoms with Gasteiger partial charge in [0, 0.05) is 20.2 Å². The van der Waals surface area contributed by atoms with Gasteiger partial charge in [0.05, 0.1) is 12.7 Å². The highest BCUT2D eigenvalue weighted by atomic mass is 16.6. The molecule has 1 atom stereocenters. The maximum absolute atomic E-state index is 11.3. The molecule has 114 valence electrons. The van der Waals surface area contributed by atoms with E-state index in [0.717, 1.165) is 19.4 Å². The van der Waals surface area contributed by atoms with Gasteiger partial charge in [0.25, 0.3) is 0 Å². The van der Waals surface area contributed by atoms with Crippen molar-refractivity contribution in [2.45, 2.75) is 45.3 Å². The maximum Gasteiger partial charge on any atom is 0.407 e. The Labute approximate surface area is 115 Å². The highest BCUT2D eigenvalue weighted by molar-refractivity contribution is 5.67. The lowest BCUT2D eigenvalue weighted by Gasteiger charge is -2.19. The van der Waals surface area contributed by atoms with Crippen molar-refractivity contribution < 1.29 is 19.4 Å². The molecule has 0 aliphatic rings. The highest BCUT2D eigenvalue weighted by Crippen LogP contribution is 2.06. The summed E-state index contributed by atoms with van der Waals surface area (Å²) in [5.41, 5.74) is -0.455. The maximum atomic E-state index is 11.3. The van der Waals surface area contributed by atoms with E-state index in [4.69, 9.17) is 9.47 Å². The van der Waals surface area contributed by atoms with E-state index in [0.29, 0.717) is 19.7 Å². The predicted molar refractivity (Wildman–Crippen MR) is 74.2 cm³/mol. The lowest BCUT2D eigenvalue weighted by atomic mass is 10.2. The Bertz CT molecular complexity index is 241. The van der Waals surface area contributed by atoms with Crippen LogP contribution in [0.3, 0.4) is 0 Å². The van der Waals surface area contributed by atoms with Gasteiger partial charge in [-0.2, -0.15) is 0 Å². The first kappa shape index (κ1) is 18.1. The molecule has 6 nitrogen and oxygen atoms in total. The van der Waals surface area contributed by atoms with Crippen molar-refractivity contribution in [1.82, 2.24) is 10.6 Å². The third-order valence-corrected chi connectivity index (χ3v) is 2.19. The number of hydrogen-bond acceptors (Lipinski definition) is 5. The molecule has 3 N–H and O–H groups in total. The van der Waals surface area contributed by atoms with E-state index in [2.05, 4.69) is 10.6 Å². The molecule has 0 aromatic rings. The zero-order chi connectivity index (χ0) is 14.7. The molecule has 0 aliphatic carbocycles. The molecule has 0 saturated carbocycles. The first-order valence-electron chi connectivity index (χ1n) is 6.69. The van der Waals surface area contributed by atoms with Crippen molar-refractivity contribution in [1.29, 1.82) is 0 Å². The molecule has 19 heavy (non-hydrogen) atoms. The van der Waals surface area contributed by atoms with Crippen molar-refractivity contribution in [3.05, 3.63) is 0 Å². The minimum atomic E-state index is -0.468. The zero-order valence-corrected chi connectivity index (χ0v) is 12.5. The van der Waals surface area contributed by atoms with Crippen LogP contribution in [-0.2, 0) is 9.47 Å². The zero-order valence-electron chi connectivity index (χ0n) is 12.5. The van der Waals surface area contributed by atoms with E-state index in [1.807, 2.05) is 20.8 Å². The molecule has 0 saturated heterocycles. The molecule has 0 bridgehead atoms. The normalized spacial score (nSPS) is 13.1. The Morgan fingerprint density at radius 3 is 2.47 bits per heavy atom. The van der Waals surface area contributed by atoms with Gasteiger partial charge in [-0.15, -0.1) is 0 Å². The second-order valence-electron chi connectivity index (χ2n) is 5.45. The van der Waals surface area contributed by atoms with Crippen LogP contribution < -0.4 is 10.6 Å². The predicted octanol–water partition coefficient (Wildman–Crippen LogP) is 0.888. The van der Waals surface area contributed by atoms with Crippen molar-refractivity contribution in [3.63, 3.8) is 0 Å². The Hall–Kier alpha value is -0.850. The van der Waals surface area contributed by atoms with Gasteiger partial charge in [-0.1, -0.05) is 0 Å². The second kappa shape index (κ2) is 10.00. The van der Waals surface area contributed by atoms with Crippen LogP contribution in [-0.4, -0.2) is 56.3 Å². The molecule has 0 unspecified atom stereocenters. The van der Waals surface area contributed by atoms with E-state index in [9.17, 15) is 9.90 Å². The lowest BCUT2D eigenvalue weighted by molar-refractivity contribution is 0.0527. The Balaban J connectivity index is 3.34. The Kier molecular flexibility index (Phi) is 9.55. The summed E-state index contributed by atoms with van der Waals surface area (Å²) in [6, 6.07) is 0. The van der Waals surface area contributed by atoms with Crippen LogP contribution in [0.25, 0.3) is 0 Å². The molecule has 0 radical (unpaired) electrons. The summed E-state index contributed by atoms with van der Waals surface area (Å²) in [4.78, 5) is 11.3. The van der Waals surface area contributed by atoms with Crippen molar-refractivity contribution in [2.24, 2.45) is 0 Å². The number of aliphatic hydroxyl groups excluding tert-OH is 1. The minimum absolute atomic E-state index is 0.340. The highest BCUT2D eigenvalue weighted by Gasteiger charge is 2.15. The molecule has 0 heterocycles. The smallest absolute Gasteiger partial charge is 0.407 e. The van der Waals surface area contributed by atoms with Crippen LogP contribution in [0.4, 0.5) is 4.79 Å². The van der Waals surface area contributed by atoms with Crippen LogP contribution >= 0.6 is 0 Å². The average Bonchev–Trinajstić information content (AvgIpc) is 2.25. The number of aliphatic hydroxyl groups is 1. The molecule has 0 fully saturated rings. The molecule has 0 aromatic heterocycles. The van der Waals surface area contributed by atoms with Gasteiger partial charge in [0.1, 0.15) is 5.60 Å². The summed E-state index contributed by atoms with van der Waals surface area (Å²) in [5.74, 6) is 0. The van der Waals surface area contributed by atoms with E-state index in [-0.39, 0.29) is 6.09 Å². The Morgan fingerprint density at radius 2 is 1.89 bits per heavy atom. The largest absolute Gasteiger partial charge is 0.444 e. The first-order chi connectivity index (χ1) is 8.85. The summed E-state index contributed by atoms with van der Waals surface area (Å²) in [7, 11) is 1.56. The fraction of sp³-hybridized carbons (Fsp3) is 0.923. The van der Waals surface area contributed by atoms with E-state index < -0.39 is 11.7 Å². The standard InChI is InChI=1S/C13H28N2O4/c1-13(2,3)19-12(17)15-8-6-5-7-14-9-11(16)10-18-4/h11,14,16H,5-10H2,1-4H3,(H,15,17)/t11-/m1/s1. The number of carbonyl (C=O) groups excluding carboxylic acids is 1. The number of unbranched alkanes of at least 4 members (excludes halogenated alkanes) is 1. The van der Waals surface area contributed by atoms with Crippen LogP contribution in [0.2, 0.25) is 0 Å². The fourth-order valence-corrected chi connectivity index (χ4v) is 1.40. The molecule has 0 aliphatic heterocycles. The number of rotatable bonds is 9. The molecular weight excluding hydrogens is 248 g/mol. The number of alkyl carbamates (subject to hydrolysis) is 1.